The Morgan fingerprint density at radius 3 is 2.41 bits per heavy atom. The van der Waals surface area contributed by atoms with Crippen LogP contribution in [0.1, 0.15) is 20.3 Å². The van der Waals surface area contributed by atoms with E-state index in [0.29, 0.717) is 11.8 Å². The summed E-state index contributed by atoms with van der Waals surface area (Å²) in [5.41, 5.74) is 0.977. The fourth-order valence-corrected chi connectivity index (χ4v) is 2.75. The van der Waals surface area contributed by atoms with E-state index in [2.05, 4.69) is 18.7 Å². The number of nitro benzene ring substituents is 1. The molecular weight excluding hydrogens is 216 g/mol. The van der Waals surface area contributed by atoms with Crippen molar-refractivity contribution in [1.29, 1.82) is 0 Å². The number of anilines is 1. The van der Waals surface area contributed by atoms with Crippen LogP contribution in [0, 0.1) is 22.0 Å². The zero-order chi connectivity index (χ0) is 12.4. The van der Waals surface area contributed by atoms with Crippen LogP contribution in [0.4, 0.5) is 11.4 Å². The lowest BCUT2D eigenvalue weighted by Gasteiger charge is -2.36. The summed E-state index contributed by atoms with van der Waals surface area (Å²) in [5, 5.41) is 11.0. The molecule has 2 unspecified atom stereocenters. The average Bonchev–Trinajstić information content (AvgIpc) is 2.27. The van der Waals surface area contributed by atoms with Crippen molar-refractivity contribution in [3.05, 3.63) is 34.4 Å². The second-order valence-electron chi connectivity index (χ2n) is 5.10. The molecule has 1 aliphatic heterocycles. The molecule has 92 valence electrons. The molecule has 2 atom stereocenters. The van der Waals surface area contributed by atoms with Crippen LogP contribution in [0.2, 0.25) is 0 Å². The van der Waals surface area contributed by atoms with E-state index in [1.54, 1.807) is 12.1 Å². The zero-order valence-corrected chi connectivity index (χ0v) is 10.3. The van der Waals surface area contributed by atoms with Gasteiger partial charge < -0.3 is 4.90 Å². The fourth-order valence-electron chi connectivity index (χ4n) is 2.75. The first-order valence-corrected chi connectivity index (χ1v) is 6.06. The molecule has 0 N–H and O–H groups in total. The minimum Gasteiger partial charge on any atom is -0.365 e. The van der Waals surface area contributed by atoms with Crippen molar-refractivity contribution in [3.63, 3.8) is 0 Å². The summed E-state index contributed by atoms with van der Waals surface area (Å²) in [6, 6.07) is 7.02. The van der Waals surface area contributed by atoms with Crippen LogP contribution in [0.15, 0.2) is 24.3 Å². The van der Waals surface area contributed by atoms with Crippen molar-refractivity contribution in [2.24, 2.45) is 11.8 Å². The number of nitro groups is 1. The lowest BCUT2D eigenvalue weighted by molar-refractivity contribution is -0.384. The van der Waals surface area contributed by atoms with Gasteiger partial charge in [0.2, 0.25) is 0 Å². The number of rotatable bonds is 2. The summed E-state index contributed by atoms with van der Waals surface area (Å²) >= 11 is 0. The van der Waals surface area contributed by atoms with E-state index in [1.807, 2.05) is 12.1 Å². The van der Waals surface area contributed by atoms with Crippen molar-refractivity contribution in [1.82, 2.24) is 0 Å². The highest BCUT2D eigenvalue weighted by molar-refractivity contribution is 5.63. The summed E-state index contributed by atoms with van der Waals surface area (Å²) in [5.74, 6) is 1.19. The van der Waals surface area contributed by atoms with Gasteiger partial charge >= 0.3 is 0 Å². The Morgan fingerprint density at radius 2 is 1.82 bits per heavy atom. The molecule has 0 aromatic heterocycles. The number of benzene rings is 1. The van der Waals surface area contributed by atoms with Crippen molar-refractivity contribution in [2.45, 2.75) is 20.3 Å². The Balaban J connectivity index is 2.30. The van der Waals surface area contributed by atoms with Crippen LogP contribution in [0.5, 0.6) is 0 Å². The lowest BCUT2D eigenvalue weighted by Crippen LogP contribution is -2.38. The molecule has 1 heterocycles. The van der Waals surface area contributed by atoms with Crippen molar-refractivity contribution in [3.8, 4) is 0 Å². The number of para-hydroxylation sites is 2. The lowest BCUT2D eigenvalue weighted by atomic mass is 9.91. The Labute approximate surface area is 101 Å². The van der Waals surface area contributed by atoms with Gasteiger partial charge in [0.25, 0.3) is 5.69 Å². The minimum absolute atomic E-state index is 0.216. The van der Waals surface area contributed by atoms with Crippen LogP contribution >= 0.6 is 0 Å². The first-order valence-electron chi connectivity index (χ1n) is 6.06. The standard InChI is InChI=1S/C13H18N2O2/c1-10-7-11(2)9-14(8-10)12-5-3-4-6-13(12)15(16)17/h3-6,10-11H,7-9H2,1-2H3. The molecule has 0 amide bonds. The molecule has 0 aliphatic carbocycles. The highest BCUT2D eigenvalue weighted by Crippen LogP contribution is 2.32. The smallest absolute Gasteiger partial charge is 0.292 e. The summed E-state index contributed by atoms with van der Waals surface area (Å²) in [6.07, 6.45) is 1.21. The Hall–Kier alpha value is -1.58. The molecule has 0 saturated carbocycles. The first kappa shape index (κ1) is 11.9. The van der Waals surface area contributed by atoms with Crippen LogP contribution in [0.25, 0.3) is 0 Å². The molecule has 2 rings (SSSR count). The third-order valence-corrected chi connectivity index (χ3v) is 3.29. The maximum Gasteiger partial charge on any atom is 0.292 e. The molecule has 0 radical (unpaired) electrons. The predicted molar refractivity (Wildman–Crippen MR) is 68.3 cm³/mol. The van der Waals surface area contributed by atoms with Gasteiger partial charge in [-0.15, -0.1) is 0 Å². The number of hydrogen-bond acceptors (Lipinski definition) is 3. The minimum atomic E-state index is -0.292. The topological polar surface area (TPSA) is 46.4 Å². The van der Waals surface area contributed by atoms with Gasteiger partial charge in [0.15, 0.2) is 0 Å². The largest absolute Gasteiger partial charge is 0.365 e. The summed E-state index contributed by atoms with van der Waals surface area (Å²) in [4.78, 5) is 12.9. The van der Waals surface area contributed by atoms with E-state index >= 15 is 0 Å². The van der Waals surface area contributed by atoms with E-state index in [9.17, 15) is 10.1 Å². The van der Waals surface area contributed by atoms with E-state index in [1.165, 1.54) is 6.42 Å². The third-order valence-electron chi connectivity index (χ3n) is 3.29. The first-order chi connectivity index (χ1) is 8.08. The summed E-state index contributed by atoms with van der Waals surface area (Å²) in [6.45, 7) is 6.24. The Morgan fingerprint density at radius 1 is 1.24 bits per heavy atom. The van der Waals surface area contributed by atoms with Gasteiger partial charge in [0.05, 0.1) is 4.92 Å². The van der Waals surface area contributed by atoms with Gasteiger partial charge in [-0.25, -0.2) is 0 Å². The molecular formula is C13H18N2O2. The highest BCUT2D eigenvalue weighted by Gasteiger charge is 2.26. The second kappa shape index (κ2) is 4.73. The maximum atomic E-state index is 11.0. The summed E-state index contributed by atoms with van der Waals surface area (Å²) < 4.78 is 0. The molecule has 1 fully saturated rings. The van der Waals surface area contributed by atoms with Gasteiger partial charge in [-0.2, -0.15) is 0 Å². The van der Waals surface area contributed by atoms with Crippen LogP contribution in [0.3, 0.4) is 0 Å². The molecule has 1 aromatic rings. The number of hydrogen-bond donors (Lipinski definition) is 0. The van der Waals surface area contributed by atoms with Crippen LogP contribution < -0.4 is 4.90 Å². The third kappa shape index (κ3) is 2.57. The highest BCUT2D eigenvalue weighted by atomic mass is 16.6. The van der Waals surface area contributed by atoms with Gasteiger partial charge in [-0.1, -0.05) is 26.0 Å². The predicted octanol–water partition coefficient (Wildman–Crippen LogP) is 3.08. The molecule has 0 bridgehead atoms. The van der Waals surface area contributed by atoms with E-state index in [0.717, 1.165) is 18.8 Å². The quantitative estimate of drug-likeness (QED) is 0.583. The van der Waals surface area contributed by atoms with Gasteiger partial charge in [0.1, 0.15) is 5.69 Å². The van der Waals surface area contributed by atoms with Crippen molar-refractivity contribution >= 4 is 11.4 Å². The number of nitrogens with zero attached hydrogens (tertiary/aromatic N) is 2. The van der Waals surface area contributed by atoms with Crippen LogP contribution in [-0.2, 0) is 0 Å². The second-order valence-corrected chi connectivity index (χ2v) is 5.10. The molecule has 1 saturated heterocycles. The van der Waals surface area contributed by atoms with Gasteiger partial charge in [0, 0.05) is 19.2 Å². The number of piperidine rings is 1. The SMILES string of the molecule is CC1CC(C)CN(c2ccccc2[N+](=O)[O-])C1. The fraction of sp³-hybridized carbons (Fsp3) is 0.538. The Kier molecular flexibility index (Phi) is 3.31. The molecule has 17 heavy (non-hydrogen) atoms. The van der Waals surface area contributed by atoms with E-state index in [4.69, 9.17) is 0 Å². The molecule has 4 heteroatoms. The van der Waals surface area contributed by atoms with Gasteiger partial charge in [-0.05, 0) is 24.3 Å². The monoisotopic (exact) mass is 234 g/mol. The van der Waals surface area contributed by atoms with E-state index < -0.39 is 0 Å². The molecule has 1 aliphatic rings. The average molecular weight is 234 g/mol. The maximum absolute atomic E-state index is 11.0. The zero-order valence-electron chi connectivity index (χ0n) is 10.3. The molecule has 0 spiro atoms. The molecule has 4 nitrogen and oxygen atoms in total. The Bertz CT molecular complexity index is 410. The normalized spacial score (nSPS) is 24.7. The van der Waals surface area contributed by atoms with Crippen molar-refractivity contribution < 1.29 is 4.92 Å². The van der Waals surface area contributed by atoms with Crippen molar-refractivity contribution in [2.75, 3.05) is 18.0 Å². The van der Waals surface area contributed by atoms with Crippen LogP contribution in [-0.4, -0.2) is 18.0 Å². The van der Waals surface area contributed by atoms with E-state index in [-0.39, 0.29) is 10.6 Å². The molecule has 1 aromatic carbocycles. The van der Waals surface area contributed by atoms with Gasteiger partial charge in [-0.3, -0.25) is 10.1 Å². The summed E-state index contributed by atoms with van der Waals surface area (Å²) in [7, 11) is 0.